The lowest BCUT2D eigenvalue weighted by molar-refractivity contribution is 0.0680. The molecule has 0 aromatic heterocycles. The van der Waals surface area contributed by atoms with Gasteiger partial charge in [0.05, 0.1) is 6.61 Å². The van der Waals surface area contributed by atoms with E-state index in [1.807, 2.05) is 0 Å². The first-order chi connectivity index (χ1) is 6.93. The molecule has 1 unspecified atom stereocenters. The normalized spacial score (nSPS) is 26.2. The van der Waals surface area contributed by atoms with E-state index in [1.54, 1.807) is 0 Å². The summed E-state index contributed by atoms with van der Waals surface area (Å²) in [7, 11) is 0. The lowest BCUT2D eigenvalue weighted by atomic mass is 9.69. The summed E-state index contributed by atoms with van der Waals surface area (Å²) in [6.45, 7) is 9.34. The minimum absolute atomic E-state index is 0.00491. The Morgan fingerprint density at radius 2 is 1.73 bits per heavy atom. The molecule has 0 amide bonds. The Kier molecular flexibility index (Phi) is 4.19. The van der Waals surface area contributed by atoms with Gasteiger partial charge in [-0.15, -0.1) is 0 Å². The molecule has 0 heterocycles. The van der Waals surface area contributed by atoms with Crippen molar-refractivity contribution in [3.63, 3.8) is 0 Å². The average Bonchev–Trinajstić information content (AvgIpc) is 2.22. The van der Waals surface area contributed by atoms with Crippen molar-refractivity contribution < 1.29 is 5.11 Å². The molecule has 2 nitrogen and oxygen atoms in total. The van der Waals surface area contributed by atoms with Crippen LogP contribution in [0.5, 0.6) is 0 Å². The summed E-state index contributed by atoms with van der Waals surface area (Å²) in [5, 5.41) is 13.2. The van der Waals surface area contributed by atoms with Crippen molar-refractivity contribution in [3.05, 3.63) is 0 Å². The first-order valence-corrected chi connectivity index (χ1v) is 6.32. The van der Waals surface area contributed by atoms with Crippen LogP contribution in [0.25, 0.3) is 0 Å². The van der Waals surface area contributed by atoms with Crippen molar-refractivity contribution in [2.24, 2.45) is 5.41 Å². The van der Waals surface area contributed by atoms with Crippen LogP contribution in [0.3, 0.4) is 0 Å². The maximum Gasteiger partial charge on any atom is 0.0613 e. The highest BCUT2D eigenvalue weighted by Crippen LogP contribution is 2.40. The molecule has 90 valence electrons. The fourth-order valence-electron chi connectivity index (χ4n) is 2.38. The smallest absolute Gasteiger partial charge is 0.0613 e. The monoisotopic (exact) mass is 213 g/mol. The molecule has 1 saturated carbocycles. The van der Waals surface area contributed by atoms with Gasteiger partial charge in [-0.05, 0) is 44.4 Å². The summed E-state index contributed by atoms with van der Waals surface area (Å²) in [5.41, 5.74) is 0.473. The molecule has 0 bridgehead atoms. The molecule has 0 spiro atoms. The van der Waals surface area contributed by atoms with E-state index in [0.29, 0.717) is 11.5 Å². The summed E-state index contributed by atoms with van der Waals surface area (Å²) >= 11 is 0. The van der Waals surface area contributed by atoms with Crippen LogP contribution in [0.4, 0.5) is 0 Å². The molecule has 1 aliphatic rings. The van der Waals surface area contributed by atoms with Gasteiger partial charge in [0, 0.05) is 11.6 Å². The third-order valence-electron chi connectivity index (χ3n) is 4.03. The molecule has 0 aliphatic heterocycles. The Morgan fingerprint density at radius 1 is 1.20 bits per heavy atom. The SMILES string of the molecule is CCC(C)NC1(CO)CCC(C)(C)CC1. The number of aliphatic hydroxyl groups excluding tert-OH is 1. The third-order valence-corrected chi connectivity index (χ3v) is 4.03. The molecule has 0 aromatic carbocycles. The molecule has 15 heavy (non-hydrogen) atoms. The van der Waals surface area contributed by atoms with E-state index in [9.17, 15) is 5.11 Å². The van der Waals surface area contributed by atoms with Crippen LogP contribution in [0, 0.1) is 5.41 Å². The summed E-state index contributed by atoms with van der Waals surface area (Å²) in [6.07, 6.45) is 5.79. The topological polar surface area (TPSA) is 32.3 Å². The number of aliphatic hydroxyl groups is 1. The van der Waals surface area contributed by atoms with Crippen LogP contribution in [-0.4, -0.2) is 23.3 Å². The van der Waals surface area contributed by atoms with Crippen molar-refractivity contribution in [1.29, 1.82) is 0 Å². The molecule has 0 saturated heterocycles. The van der Waals surface area contributed by atoms with Crippen molar-refractivity contribution >= 4 is 0 Å². The molecule has 1 aliphatic carbocycles. The third kappa shape index (κ3) is 3.46. The van der Waals surface area contributed by atoms with Gasteiger partial charge in [-0.1, -0.05) is 20.8 Å². The molecular weight excluding hydrogens is 186 g/mol. The van der Waals surface area contributed by atoms with Gasteiger partial charge in [-0.2, -0.15) is 0 Å². The minimum Gasteiger partial charge on any atom is -0.394 e. The second-order valence-corrected chi connectivity index (χ2v) is 6.06. The van der Waals surface area contributed by atoms with E-state index in [4.69, 9.17) is 0 Å². The van der Waals surface area contributed by atoms with Crippen molar-refractivity contribution in [3.8, 4) is 0 Å². The highest BCUT2D eigenvalue weighted by Gasteiger charge is 2.38. The Hall–Kier alpha value is -0.0800. The van der Waals surface area contributed by atoms with Crippen LogP contribution < -0.4 is 5.32 Å². The number of hydrogen-bond donors (Lipinski definition) is 2. The minimum atomic E-state index is 0.00491. The van der Waals surface area contributed by atoms with E-state index in [0.717, 1.165) is 19.3 Å². The Balaban J connectivity index is 2.56. The highest BCUT2D eigenvalue weighted by molar-refractivity contribution is 4.96. The van der Waals surface area contributed by atoms with E-state index in [1.165, 1.54) is 12.8 Å². The lowest BCUT2D eigenvalue weighted by Gasteiger charge is -2.44. The Bertz CT molecular complexity index is 191. The lowest BCUT2D eigenvalue weighted by Crippen LogP contribution is -2.54. The van der Waals surface area contributed by atoms with Crippen molar-refractivity contribution in [2.45, 2.75) is 71.4 Å². The maximum atomic E-state index is 9.59. The average molecular weight is 213 g/mol. The zero-order valence-electron chi connectivity index (χ0n) is 10.8. The summed E-state index contributed by atoms with van der Waals surface area (Å²) in [5.74, 6) is 0. The molecule has 2 N–H and O–H groups in total. The van der Waals surface area contributed by atoms with Gasteiger partial charge in [0.1, 0.15) is 0 Å². The highest BCUT2D eigenvalue weighted by atomic mass is 16.3. The van der Waals surface area contributed by atoms with E-state index in [2.05, 4.69) is 33.0 Å². The predicted octanol–water partition coefficient (Wildman–Crippen LogP) is 2.71. The van der Waals surface area contributed by atoms with Gasteiger partial charge in [0.25, 0.3) is 0 Å². The molecule has 1 atom stereocenters. The molecule has 0 aromatic rings. The van der Waals surface area contributed by atoms with Gasteiger partial charge in [-0.3, -0.25) is 0 Å². The number of rotatable bonds is 4. The van der Waals surface area contributed by atoms with Crippen LogP contribution in [0.1, 0.15) is 59.8 Å². The van der Waals surface area contributed by atoms with Gasteiger partial charge < -0.3 is 10.4 Å². The molecule has 1 rings (SSSR count). The Morgan fingerprint density at radius 3 is 2.13 bits per heavy atom. The van der Waals surface area contributed by atoms with E-state index >= 15 is 0 Å². The fraction of sp³-hybridized carbons (Fsp3) is 1.00. The second-order valence-electron chi connectivity index (χ2n) is 6.06. The largest absolute Gasteiger partial charge is 0.394 e. The van der Waals surface area contributed by atoms with Crippen molar-refractivity contribution in [1.82, 2.24) is 5.32 Å². The first kappa shape index (κ1) is 13.0. The zero-order valence-corrected chi connectivity index (χ0v) is 10.8. The van der Waals surface area contributed by atoms with Crippen LogP contribution >= 0.6 is 0 Å². The van der Waals surface area contributed by atoms with E-state index in [-0.39, 0.29) is 12.1 Å². The second kappa shape index (κ2) is 4.84. The zero-order chi connectivity index (χ0) is 11.5. The van der Waals surface area contributed by atoms with Gasteiger partial charge in [0.15, 0.2) is 0 Å². The van der Waals surface area contributed by atoms with E-state index < -0.39 is 0 Å². The summed E-state index contributed by atoms with van der Waals surface area (Å²) in [4.78, 5) is 0. The van der Waals surface area contributed by atoms with Gasteiger partial charge >= 0.3 is 0 Å². The fourth-order valence-corrected chi connectivity index (χ4v) is 2.38. The predicted molar refractivity (Wildman–Crippen MR) is 65.0 cm³/mol. The number of nitrogens with one attached hydrogen (secondary N) is 1. The molecule has 0 radical (unpaired) electrons. The molecule has 2 heteroatoms. The maximum absolute atomic E-state index is 9.59. The first-order valence-electron chi connectivity index (χ1n) is 6.32. The quantitative estimate of drug-likeness (QED) is 0.752. The molecular formula is C13H27NO. The van der Waals surface area contributed by atoms with Crippen molar-refractivity contribution in [2.75, 3.05) is 6.61 Å². The number of hydrogen-bond acceptors (Lipinski definition) is 2. The molecule has 1 fully saturated rings. The van der Waals surface area contributed by atoms with Crippen LogP contribution in [-0.2, 0) is 0 Å². The standard InChI is InChI=1S/C13H27NO/c1-5-11(2)14-13(10-15)8-6-12(3,4)7-9-13/h11,14-15H,5-10H2,1-4H3. The van der Waals surface area contributed by atoms with Crippen LogP contribution in [0.15, 0.2) is 0 Å². The summed E-state index contributed by atoms with van der Waals surface area (Å²) in [6, 6.07) is 0.512. The van der Waals surface area contributed by atoms with Gasteiger partial charge in [0.2, 0.25) is 0 Å². The van der Waals surface area contributed by atoms with Gasteiger partial charge in [-0.25, -0.2) is 0 Å². The van der Waals surface area contributed by atoms with Crippen LogP contribution in [0.2, 0.25) is 0 Å². The Labute approximate surface area is 94.5 Å². The summed E-state index contributed by atoms with van der Waals surface area (Å²) < 4.78 is 0.